The van der Waals surface area contributed by atoms with Gasteiger partial charge >= 0.3 is 12.1 Å². The Hall–Kier alpha value is -3.96. The number of piperidine rings is 1. The van der Waals surface area contributed by atoms with E-state index in [0.29, 0.717) is 49.1 Å². The third kappa shape index (κ3) is 8.70. The van der Waals surface area contributed by atoms with E-state index in [2.05, 4.69) is 41.1 Å². The first kappa shape index (κ1) is 34.4. The number of pyridine rings is 1. The van der Waals surface area contributed by atoms with Gasteiger partial charge in [-0.25, -0.2) is 18.6 Å². The van der Waals surface area contributed by atoms with Crippen LogP contribution in [-0.4, -0.2) is 65.6 Å². The monoisotopic (exact) mass is 654 g/mol. The first-order valence-electron chi connectivity index (χ1n) is 16.6. The minimum Gasteiger partial charge on any atom is -0.492 e. The molecule has 0 radical (unpaired) electrons. The Morgan fingerprint density at radius 1 is 1.11 bits per heavy atom. The lowest BCUT2D eigenvalue weighted by Gasteiger charge is -2.33. The number of anilines is 2. The summed E-state index contributed by atoms with van der Waals surface area (Å²) >= 11 is 0. The van der Waals surface area contributed by atoms with Crippen molar-refractivity contribution >= 4 is 17.9 Å². The highest BCUT2D eigenvalue weighted by molar-refractivity contribution is 5.69. The topological polar surface area (TPSA) is 106 Å². The van der Waals surface area contributed by atoms with Gasteiger partial charge in [-0.3, -0.25) is 0 Å². The van der Waals surface area contributed by atoms with Crippen LogP contribution in [0, 0.1) is 30.4 Å². The second kappa shape index (κ2) is 14.4. The lowest BCUT2D eigenvalue weighted by molar-refractivity contribution is 0.0504. The van der Waals surface area contributed by atoms with Gasteiger partial charge in [0.1, 0.15) is 28.8 Å². The average molecular weight is 655 g/mol. The predicted octanol–water partition coefficient (Wildman–Crippen LogP) is 6.99. The van der Waals surface area contributed by atoms with E-state index in [-0.39, 0.29) is 11.5 Å². The van der Waals surface area contributed by atoms with Crippen LogP contribution in [0.2, 0.25) is 0 Å². The van der Waals surface area contributed by atoms with E-state index in [1.54, 1.807) is 27.0 Å². The minimum atomic E-state index is -0.695. The van der Waals surface area contributed by atoms with E-state index < -0.39 is 35.3 Å². The number of amides is 1. The highest BCUT2D eigenvalue weighted by Crippen LogP contribution is 2.35. The molecule has 0 spiro atoms. The summed E-state index contributed by atoms with van der Waals surface area (Å²) in [6, 6.07) is 5.47. The highest BCUT2D eigenvalue weighted by atomic mass is 19.1. The number of carbonyl (C=O) groups excluding carboxylic acids is 1. The number of ether oxygens (including phenoxy) is 2. The van der Waals surface area contributed by atoms with Gasteiger partial charge in [-0.05, 0) is 94.2 Å². The molecule has 1 unspecified atom stereocenters. The van der Waals surface area contributed by atoms with E-state index in [0.717, 1.165) is 55.9 Å². The smallest absolute Gasteiger partial charge is 0.407 e. The second-order valence-electron chi connectivity index (χ2n) is 14.3. The van der Waals surface area contributed by atoms with Gasteiger partial charge in [0, 0.05) is 38.0 Å². The summed E-state index contributed by atoms with van der Waals surface area (Å²) in [7, 11) is 0. The number of rotatable bonds is 10. The molecule has 256 valence electrons. The summed E-state index contributed by atoms with van der Waals surface area (Å²) in [5.41, 5.74) is 0.404. The summed E-state index contributed by atoms with van der Waals surface area (Å²) in [6.45, 7) is 16.8. The van der Waals surface area contributed by atoms with Crippen LogP contribution in [-0.2, 0) is 4.74 Å². The molecule has 2 aromatic heterocycles. The molecule has 5 rings (SSSR count). The molecule has 1 amide bonds. The fourth-order valence-electron chi connectivity index (χ4n) is 6.50. The molecule has 12 heteroatoms. The van der Waals surface area contributed by atoms with Crippen LogP contribution >= 0.6 is 0 Å². The number of aryl methyl sites for hydroxylation is 1. The first-order valence-corrected chi connectivity index (χ1v) is 16.6. The van der Waals surface area contributed by atoms with Gasteiger partial charge in [0.25, 0.3) is 0 Å². The molecule has 0 bridgehead atoms. The van der Waals surface area contributed by atoms with Crippen LogP contribution in [0.1, 0.15) is 89.6 Å². The zero-order valence-corrected chi connectivity index (χ0v) is 28.6. The molecule has 2 aliphatic heterocycles. The number of halogens is 2. The third-order valence-electron chi connectivity index (χ3n) is 9.11. The standard InChI is InChI=1S/C35H48F2N6O4/c1-21(2)31-40-33(47-41-31)42-13-10-24(11-14-42)22(3)12-15-45-26-16-23(4)32(38-18-26)43-19-28(27-17-25(36)8-9-29(27)37)30(20-43)39-34(44)46-35(5,6)7/h8-9,16-18,21-22,24,28,30H,10-15,19-20H2,1-7H3,(H,39,44)/t22?,28-,30+/m1/s1. The summed E-state index contributed by atoms with van der Waals surface area (Å²) in [6.07, 6.45) is 4.15. The van der Waals surface area contributed by atoms with E-state index in [1.807, 2.05) is 17.9 Å². The Bertz CT molecular complexity index is 1520. The zero-order chi connectivity index (χ0) is 33.9. The number of nitrogens with zero attached hydrogens (tertiary/aromatic N) is 5. The second-order valence-corrected chi connectivity index (χ2v) is 14.3. The largest absolute Gasteiger partial charge is 0.492 e. The summed E-state index contributed by atoms with van der Waals surface area (Å²) in [5.74, 6) is 1.91. The summed E-state index contributed by atoms with van der Waals surface area (Å²) in [5, 5.41) is 6.98. The third-order valence-corrected chi connectivity index (χ3v) is 9.11. The molecule has 2 saturated heterocycles. The Balaban J connectivity index is 1.16. The molecule has 0 aliphatic carbocycles. The lowest BCUT2D eigenvalue weighted by atomic mass is 9.84. The number of carbonyl (C=O) groups is 1. The Morgan fingerprint density at radius 2 is 1.85 bits per heavy atom. The summed E-state index contributed by atoms with van der Waals surface area (Å²) in [4.78, 5) is 26.1. The molecular formula is C35H48F2N6O4. The maximum Gasteiger partial charge on any atom is 0.407 e. The molecule has 1 aromatic carbocycles. The first-order chi connectivity index (χ1) is 22.3. The molecule has 3 atom stereocenters. The maximum atomic E-state index is 14.9. The molecular weight excluding hydrogens is 606 g/mol. The Morgan fingerprint density at radius 3 is 2.51 bits per heavy atom. The van der Waals surface area contributed by atoms with Crippen LogP contribution in [0.5, 0.6) is 5.75 Å². The van der Waals surface area contributed by atoms with Crippen molar-refractivity contribution in [1.29, 1.82) is 0 Å². The van der Waals surface area contributed by atoms with Gasteiger partial charge in [0.2, 0.25) is 0 Å². The van der Waals surface area contributed by atoms with Gasteiger partial charge in [0.05, 0.1) is 18.8 Å². The molecule has 2 aliphatic rings. The zero-order valence-electron chi connectivity index (χ0n) is 28.6. The van der Waals surface area contributed by atoms with Gasteiger partial charge in [0.15, 0.2) is 5.82 Å². The molecule has 4 heterocycles. The van der Waals surface area contributed by atoms with Crippen LogP contribution < -0.4 is 19.9 Å². The molecule has 47 heavy (non-hydrogen) atoms. The SMILES string of the molecule is Cc1cc(OCCC(C)C2CCN(c3nc(C(C)C)no3)CC2)cnc1N1C[C@H](NC(=O)OC(C)(C)C)[C@@H](c2cc(F)ccc2F)C1. The Kier molecular flexibility index (Phi) is 10.6. The van der Waals surface area contributed by atoms with Gasteiger partial charge in [-0.2, -0.15) is 4.98 Å². The Labute approximate surface area is 276 Å². The van der Waals surface area contributed by atoms with Crippen LogP contribution in [0.15, 0.2) is 35.0 Å². The number of benzene rings is 1. The number of hydrogen-bond acceptors (Lipinski definition) is 9. The normalized spacial score (nSPS) is 19.7. The van der Waals surface area contributed by atoms with E-state index in [4.69, 9.17) is 19.0 Å². The average Bonchev–Trinajstić information content (AvgIpc) is 3.66. The van der Waals surface area contributed by atoms with Crippen molar-refractivity contribution in [3.05, 3.63) is 59.0 Å². The van der Waals surface area contributed by atoms with Crippen molar-refractivity contribution in [3.8, 4) is 5.75 Å². The number of nitrogens with one attached hydrogen (secondary N) is 1. The van der Waals surface area contributed by atoms with Gasteiger partial charge in [-0.15, -0.1) is 0 Å². The maximum absolute atomic E-state index is 14.9. The van der Waals surface area contributed by atoms with E-state index >= 15 is 0 Å². The van der Waals surface area contributed by atoms with Crippen molar-refractivity contribution in [1.82, 2.24) is 20.4 Å². The fraction of sp³-hybridized carbons (Fsp3) is 0.600. The number of alkyl carbamates (subject to hydrolysis) is 1. The van der Waals surface area contributed by atoms with E-state index in [1.165, 1.54) is 6.07 Å². The van der Waals surface area contributed by atoms with Crippen LogP contribution in [0.4, 0.5) is 25.4 Å². The van der Waals surface area contributed by atoms with Crippen molar-refractivity contribution in [2.45, 2.75) is 91.2 Å². The molecule has 0 saturated carbocycles. The number of aromatic nitrogens is 3. The molecule has 10 nitrogen and oxygen atoms in total. The van der Waals surface area contributed by atoms with Crippen molar-refractivity contribution in [2.75, 3.05) is 42.6 Å². The fourth-order valence-corrected chi connectivity index (χ4v) is 6.50. The summed E-state index contributed by atoms with van der Waals surface area (Å²) < 4.78 is 46.1. The molecule has 2 fully saturated rings. The quantitative estimate of drug-likeness (QED) is 0.248. The van der Waals surface area contributed by atoms with Gasteiger partial charge in [-0.1, -0.05) is 25.9 Å². The lowest BCUT2D eigenvalue weighted by Crippen LogP contribution is -2.43. The number of hydrogen-bond donors (Lipinski definition) is 1. The van der Waals surface area contributed by atoms with E-state index in [9.17, 15) is 13.6 Å². The van der Waals surface area contributed by atoms with Gasteiger partial charge < -0.3 is 29.1 Å². The predicted molar refractivity (Wildman–Crippen MR) is 176 cm³/mol. The highest BCUT2D eigenvalue weighted by Gasteiger charge is 2.38. The minimum absolute atomic E-state index is 0.209. The van der Waals surface area contributed by atoms with Crippen LogP contribution in [0.25, 0.3) is 0 Å². The van der Waals surface area contributed by atoms with Crippen molar-refractivity contribution in [3.63, 3.8) is 0 Å². The van der Waals surface area contributed by atoms with Crippen molar-refractivity contribution < 1.29 is 27.6 Å². The van der Waals surface area contributed by atoms with Crippen molar-refractivity contribution in [2.24, 2.45) is 11.8 Å². The van der Waals surface area contributed by atoms with Crippen LogP contribution in [0.3, 0.4) is 0 Å². The molecule has 3 aromatic rings. The molecule has 1 N–H and O–H groups in total.